The second-order valence-corrected chi connectivity index (χ2v) is 9.46. The summed E-state index contributed by atoms with van der Waals surface area (Å²) in [6.45, 7) is 8.97. The van der Waals surface area contributed by atoms with E-state index in [-0.39, 0.29) is 22.9 Å². The zero-order chi connectivity index (χ0) is 16.6. The van der Waals surface area contributed by atoms with Gasteiger partial charge >= 0.3 is 0 Å². The van der Waals surface area contributed by atoms with Crippen LogP contribution in [0.25, 0.3) is 0 Å². The SMILES string of the molecule is C=C1C[C@@H]2[C@H](CC[C@]3(C)[C@@H](O)CC[C@@H]23)[C@@]2(C)CC[C@H](O)C(O)[C@H]12. The van der Waals surface area contributed by atoms with Crippen molar-refractivity contribution in [2.24, 2.45) is 34.5 Å². The van der Waals surface area contributed by atoms with Gasteiger partial charge in [-0.05, 0) is 73.5 Å². The molecule has 0 aromatic rings. The Hall–Kier alpha value is -0.380. The van der Waals surface area contributed by atoms with Gasteiger partial charge in [-0.1, -0.05) is 26.0 Å². The van der Waals surface area contributed by atoms with Gasteiger partial charge < -0.3 is 15.3 Å². The molecule has 23 heavy (non-hydrogen) atoms. The zero-order valence-electron chi connectivity index (χ0n) is 14.5. The summed E-state index contributed by atoms with van der Waals surface area (Å²) in [6, 6.07) is 0. The second kappa shape index (κ2) is 5.06. The Bertz CT molecular complexity index is 517. The molecule has 9 atom stereocenters. The third-order valence-electron chi connectivity index (χ3n) is 8.60. The van der Waals surface area contributed by atoms with Crippen LogP contribution in [-0.4, -0.2) is 33.6 Å². The van der Waals surface area contributed by atoms with Gasteiger partial charge in [0.1, 0.15) is 0 Å². The molecule has 0 aromatic heterocycles. The maximum Gasteiger partial charge on any atom is 0.0869 e. The number of hydrogen-bond donors (Lipinski definition) is 3. The van der Waals surface area contributed by atoms with Crippen molar-refractivity contribution in [3.63, 3.8) is 0 Å². The van der Waals surface area contributed by atoms with E-state index in [1.165, 1.54) is 0 Å². The van der Waals surface area contributed by atoms with Gasteiger partial charge in [0.05, 0.1) is 18.3 Å². The zero-order valence-corrected chi connectivity index (χ0v) is 14.5. The summed E-state index contributed by atoms with van der Waals surface area (Å²) in [5.74, 6) is 1.84. The van der Waals surface area contributed by atoms with E-state index < -0.39 is 12.2 Å². The maximum atomic E-state index is 10.6. The molecule has 3 N–H and O–H groups in total. The van der Waals surface area contributed by atoms with Crippen LogP contribution in [0.1, 0.15) is 58.8 Å². The molecule has 0 bridgehead atoms. The molecule has 4 aliphatic carbocycles. The van der Waals surface area contributed by atoms with Gasteiger partial charge in [0.25, 0.3) is 0 Å². The first kappa shape index (κ1) is 16.1. The average molecular weight is 320 g/mol. The highest BCUT2D eigenvalue weighted by atomic mass is 16.3. The van der Waals surface area contributed by atoms with Crippen LogP contribution in [0.4, 0.5) is 0 Å². The first-order valence-electron chi connectivity index (χ1n) is 9.51. The van der Waals surface area contributed by atoms with E-state index in [1.54, 1.807) is 0 Å². The average Bonchev–Trinajstić information content (AvgIpc) is 2.79. The fraction of sp³-hybridized carbons (Fsp3) is 0.900. The van der Waals surface area contributed by atoms with Crippen LogP contribution in [0, 0.1) is 34.5 Å². The number of rotatable bonds is 0. The van der Waals surface area contributed by atoms with E-state index in [9.17, 15) is 15.3 Å². The smallest absolute Gasteiger partial charge is 0.0869 e. The molecular formula is C20H32O3. The molecule has 0 saturated heterocycles. The summed E-state index contributed by atoms with van der Waals surface area (Å²) in [5, 5.41) is 31.3. The van der Waals surface area contributed by atoms with Gasteiger partial charge in [0.2, 0.25) is 0 Å². The van der Waals surface area contributed by atoms with Gasteiger partial charge in [0, 0.05) is 5.92 Å². The topological polar surface area (TPSA) is 60.7 Å². The van der Waals surface area contributed by atoms with Crippen LogP contribution in [0.5, 0.6) is 0 Å². The molecule has 4 fully saturated rings. The molecule has 3 nitrogen and oxygen atoms in total. The normalized spacial score (nSPS) is 59.2. The summed E-state index contributed by atoms with van der Waals surface area (Å²) in [7, 11) is 0. The largest absolute Gasteiger partial charge is 0.393 e. The molecule has 3 heteroatoms. The highest BCUT2D eigenvalue weighted by Crippen LogP contribution is 2.66. The van der Waals surface area contributed by atoms with Gasteiger partial charge in [-0.25, -0.2) is 0 Å². The van der Waals surface area contributed by atoms with Crippen LogP contribution >= 0.6 is 0 Å². The lowest BCUT2D eigenvalue weighted by atomic mass is 9.44. The minimum Gasteiger partial charge on any atom is -0.393 e. The quantitative estimate of drug-likeness (QED) is 0.602. The lowest BCUT2D eigenvalue weighted by Crippen LogP contribution is -2.59. The van der Waals surface area contributed by atoms with Gasteiger partial charge in [0.15, 0.2) is 0 Å². The van der Waals surface area contributed by atoms with Crippen molar-refractivity contribution in [1.29, 1.82) is 0 Å². The third-order valence-corrected chi connectivity index (χ3v) is 8.60. The predicted molar refractivity (Wildman–Crippen MR) is 89.7 cm³/mol. The summed E-state index contributed by atoms with van der Waals surface area (Å²) in [5.41, 5.74) is 1.29. The van der Waals surface area contributed by atoms with Gasteiger partial charge in [-0.15, -0.1) is 0 Å². The van der Waals surface area contributed by atoms with Crippen molar-refractivity contribution in [3.8, 4) is 0 Å². The van der Waals surface area contributed by atoms with E-state index in [1.807, 2.05) is 0 Å². The minimum absolute atomic E-state index is 0.0446. The van der Waals surface area contributed by atoms with Crippen molar-refractivity contribution in [3.05, 3.63) is 12.2 Å². The van der Waals surface area contributed by atoms with Crippen molar-refractivity contribution < 1.29 is 15.3 Å². The highest BCUT2D eigenvalue weighted by molar-refractivity contribution is 5.22. The van der Waals surface area contributed by atoms with E-state index in [4.69, 9.17) is 0 Å². The highest BCUT2D eigenvalue weighted by Gasteiger charge is 2.62. The molecule has 0 spiro atoms. The molecule has 130 valence electrons. The third kappa shape index (κ3) is 1.99. The summed E-state index contributed by atoms with van der Waals surface area (Å²) >= 11 is 0. The fourth-order valence-electron chi connectivity index (χ4n) is 7.31. The van der Waals surface area contributed by atoms with Gasteiger partial charge in [-0.2, -0.15) is 0 Å². The number of fused-ring (bicyclic) bond motifs is 5. The predicted octanol–water partition coefficient (Wildman–Crippen LogP) is 2.89. The lowest BCUT2D eigenvalue weighted by Gasteiger charge is -2.62. The molecular weight excluding hydrogens is 288 g/mol. The first-order chi connectivity index (χ1) is 10.8. The molecule has 0 radical (unpaired) electrons. The van der Waals surface area contributed by atoms with Crippen molar-refractivity contribution in [2.45, 2.75) is 77.1 Å². The fourth-order valence-corrected chi connectivity index (χ4v) is 7.31. The second-order valence-electron chi connectivity index (χ2n) is 9.46. The molecule has 4 rings (SSSR count). The van der Waals surface area contributed by atoms with Crippen molar-refractivity contribution in [1.82, 2.24) is 0 Å². The van der Waals surface area contributed by atoms with E-state index >= 15 is 0 Å². The molecule has 0 amide bonds. The number of aliphatic hydroxyl groups excluding tert-OH is 3. The Morgan fingerprint density at radius 3 is 2.30 bits per heavy atom. The van der Waals surface area contributed by atoms with E-state index in [2.05, 4.69) is 20.4 Å². The molecule has 1 unspecified atom stereocenters. The Morgan fingerprint density at radius 1 is 0.913 bits per heavy atom. The summed E-state index contributed by atoms with van der Waals surface area (Å²) in [4.78, 5) is 0. The number of hydrogen-bond acceptors (Lipinski definition) is 3. The van der Waals surface area contributed by atoms with Crippen LogP contribution < -0.4 is 0 Å². The minimum atomic E-state index is -0.648. The Morgan fingerprint density at radius 2 is 1.57 bits per heavy atom. The van der Waals surface area contributed by atoms with E-state index in [0.717, 1.165) is 44.1 Å². The van der Waals surface area contributed by atoms with E-state index in [0.29, 0.717) is 24.2 Å². The number of aliphatic hydroxyl groups is 3. The van der Waals surface area contributed by atoms with Gasteiger partial charge in [-0.3, -0.25) is 0 Å². The molecule has 0 aromatic carbocycles. The van der Waals surface area contributed by atoms with Crippen LogP contribution in [0.3, 0.4) is 0 Å². The molecule has 4 aliphatic rings. The molecule has 0 aliphatic heterocycles. The Kier molecular flexibility index (Phi) is 3.54. The van der Waals surface area contributed by atoms with Crippen molar-refractivity contribution in [2.75, 3.05) is 0 Å². The van der Waals surface area contributed by atoms with Crippen LogP contribution in [-0.2, 0) is 0 Å². The maximum absolute atomic E-state index is 10.6. The summed E-state index contributed by atoms with van der Waals surface area (Å²) < 4.78 is 0. The van der Waals surface area contributed by atoms with Crippen molar-refractivity contribution >= 4 is 0 Å². The summed E-state index contributed by atoms with van der Waals surface area (Å²) in [6.07, 6.45) is 5.61. The Labute approximate surface area is 139 Å². The monoisotopic (exact) mass is 320 g/mol. The standard InChI is InChI=1S/C20H32O3/c1-11-10-12-13-4-5-16(22)19(13,2)8-6-14(12)20(3)9-7-15(21)18(23)17(11)20/h12-18,21-23H,1,4-10H2,2-3H3/t12-,13-,14-,15-,16-,17-,18?,19-,20+/m0/s1. The molecule has 0 heterocycles. The first-order valence-corrected chi connectivity index (χ1v) is 9.51. The lowest BCUT2D eigenvalue weighted by molar-refractivity contribution is -0.156. The van der Waals surface area contributed by atoms with Crippen LogP contribution in [0.2, 0.25) is 0 Å². The Balaban J connectivity index is 1.70. The molecule has 4 saturated carbocycles. The van der Waals surface area contributed by atoms with Crippen LogP contribution in [0.15, 0.2) is 12.2 Å².